The molecule has 0 fully saturated rings. The second-order valence-corrected chi connectivity index (χ2v) is 3.93. The Morgan fingerprint density at radius 1 is 1.33 bits per heavy atom. The van der Waals surface area contributed by atoms with Crippen LogP contribution in [0.3, 0.4) is 0 Å². The largest absolute Gasteiger partial charge is 0.504 e. The first-order valence-corrected chi connectivity index (χ1v) is 5.88. The number of rotatable bonds is 5. The van der Waals surface area contributed by atoms with Crippen LogP contribution in [0.25, 0.3) is 0 Å². The summed E-state index contributed by atoms with van der Waals surface area (Å²) in [5.74, 6) is -0.796. The number of nitro benzene ring substituents is 1. The first-order valence-electron chi connectivity index (χ1n) is 5.88. The minimum absolute atomic E-state index is 0.00587. The van der Waals surface area contributed by atoms with Crippen molar-refractivity contribution in [2.75, 3.05) is 11.9 Å². The number of nitrogens with one attached hydrogen (secondary N) is 1. The second kappa shape index (κ2) is 6.33. The van der Waals surface area contributed by atoms with Gasteiger partial charge in [-0.15, -0.1) is 0 Å². The van der Waals surface area contributed by atoms with Gasteiger partial charge in [0.25, 0.3) is 5.91 Å². The third-order valence-corrected chi connectivity index (χ3v) is 2.46. The summed E-state index contributed by atoms with van der Waals surface area (Å²) in [5.41, 5.74) is -0.231. The standard InChI is InChI=1S/C13H11N3O5/c17-10-5-3-7-14-13(10)15-12(18)8-21-11-6-2-1-4-9(11)16(19)20/h1-7,17H,8H2,(H,14,15,18). The number of aromatic hydroxyl groups is 1. The van der Waals surface area contributed by atoms with Crippen molar-refractivity contribution in [3.63, 3.8) is 0 Å². The van der Waals surface area contributed by atoms with Crippen molar-refractivity contribution in [1.82, 2.24) is 4.98 Å². The summed E-state index contributed by atoms with van der Waals surface area (Å²) >= 11 is 0. The maximum absolute atomic E-state index is 11.7. The van der Waals surface area contributed by atoms with E-state index in [1.54, 1.807) is 6.07 Å². The summed E-state index contributed by atoms with van der Waals surface area (Å²) in [6, 6.07) is 8.60. The van der Waals surface area contributed by atoms with Crippen molar-refractivity contribution >= 4 is 17.4 Å². The summed E-state index contributed by atoms with van der Waals surface area (Å²) in [4.78, 5) is 25.6. The molecule has 0 atom stereocenters. The van der Waals surface area contributed by atoms with Crippen LogP contribution in [0.1, 0.15) is 0 Å². The Morgan fingerprint density at radius 2 is 2.10 bits per heavy atom. The number of carbonyl (C=O) groups is 1. The van der Waals surface area contributed by atoms with E-state index in [-0.39, 0.29) is 23.0 Å². The third kappa shape index (κ3) is 3.66. The van der Waals surface area contributed by atoms with Crippen LogP contribution in [0.4, 0.5) is 11.5 Å². The number of nitro groups is 1. The Labute approximate surface area is 119 Å². The zero-order chi connectivity index (χ0) is 15.2. The molecule has 0 bridgehead atoms. The fourth-order valence-corrected chi connectivity index (χ4v) is 1.53. The van der Waals surface area contributed by atoms with Crippen LogP contribution < -0.4 is 10.1 Å². The van der Waals surface area contributed by atoms with Crippen LogP contribution in [-0.2, 0) is 4.79 Å². The van der Waals surface area contributed by atoms with E-state index in [2.05, 4.69) is 10.3 Å². The van der Waals surface area contributed by atoms with Crippen LogP contribution in [-0.4, -0.2) is 27.5 Å². The molecule has 0 unspecified atom stereocenters. The lowest BCUT2D eigenvalue weighted by atomic mass is 10.3. The van der Waals surface area contributed by atoms with Crippen molar-refractivity contribution in [3.8, 4) is 11.5 Å². The number of aromatic nitrogens is 1. The van der Waals surface area contributed by atoms with Gasteiger partial charge in [-0.05, 0) is 18.2 Å². The van der Waals surface area contributed by atoms with Gasteiger partial charge < -0.3 is 15.2 Å². The molecular formula is C13H11N3O5. The number of benzene rings is 1. The summed E-state index contributed by atoms with van der Waals surface area (Å²) in [7, 11) is 0. The minimum Gasteiger partial charge on any atom is -0.504 e. The normalized spacial score (nSPS) is 9.90. The van der Waals surface area contributed by atoms with Crippen molar-refractivity contribution in [2.24, 2.45) is 0 Å². The van der Waals surface area contributed by atoms with Crippen molar-refractivity contribution in [3.05, 3.63) is 52.7 Å². The monoisotopic (exact) mass is 289 g/mol. The third-order valence-electron chi connectivity index (χ3n) is 2.46. The lowest BCUT2D eigenvalue weighted by Crippen LogP contribution is -2.21. The van der Waals surface area contributed by atoms with Gasteiger partial charge in [0.2, 0.25) is 0 Å². The Hall–Kier alpha value is -3.16. The van der Waals surface area contributed by atoms with Crippen molar-refractivity contribution in [1.29, 1.82) is 0 Å². The quantitative estimate of drug-likeness (QED) is 0.639. The molecule has 2 rings (SSSR count). The summed E-state index contributed by atoms with van der Waals surface area (Å²) < 4.78 is 5.11. The Morgan fingerprint density at radius 3 is 2.81 bits per heavy atom. The molecule has 1 heterocycles. The zero-order valence-corrected chi connectivity index (χ0v) is 10.7. The van der Waals surface area contributed by atoms with Crippen LogP contribution in [0.15, 0.2) is 42.6 Å². The molecule has 8 heteroatoms. The van der Waals surface area contributed by atoms with Crippen molar-refractivity contribution < 1.29 is 19.6 Å². The van der Waals surface area contributed by atoms with Crippen LogP contribution >= 0.6 is 0 Å². The van der Waals surface area contributed by atoms with Crippen LogP contribution in [0.5, 0.6) is 11.5 Å². The van der Waals surface area contributed by atoms with Crippen LogP contribution in [0.2, 0.25) is 0 Å². The van der Waals surface area contributed by atoms with Gasteiger partial charge in [-0.25, -0.2) is 4.98 Å². The van der Waals surface area contributed by atoms with Gasteiger partial charge in [0.15, 0.2) is 23.9 Å². The molecule has 0 saturated heterocycles. The molecule has 0 aliphatic rings. The molecule has 2 N–H and O–H groups in total. The van der Waals surface area contributed by atoms with Crippen LogP contribution in [0, 0.1) is 10.1 Å². The summed E-state index contributed by atoms with van der Waals surface area (Å²) in [6.45, 7) is -0.444. The molecule has 1 aromatic carbocycles. The maximum Gasteiger partial charge on any atom is 0.310 e. The first kappa shape index (κ1) is 14.3. The molecule has 2 aromatic rings. The number of hydrogen-bond acceptors (Lipinski definition) is 6. The predicted molar refractivity (Wildman–Crippen MR) is 73.1 cm³/mol. The molecule has 0 aliphatic carbocycles. The van der Waals surface area contributed by atoms with Gasteiger partial charge in [0, 0.05) is 12.3 Å². The lowest BCUT2D eigenvalue weighted by Gasteiger charge is -2.08. The average Bonchev–Trinajstić information content (AvgIpc) is 2.48. The average molecular weight is 289 g/mol. The fraction of sp³-hybridized carbons (Fsp3) is 0.0769. The van der Waals surface area contributed by atoms with E-state index in [1.165, 1.54) is 36.5 Å². The minimum atomic E-state index is -0.599. The van der Waals surface area contributed by atoms with Gasteiger partial charge in [0.1, 0.15) is 0 Å². The van der Waals surface area contributed by atoms with E-state index in [9.17, 15) is 20.0 Å². The molecule has 0 saturated carbocycles. The van der Waals surface area contributed by atoms with Gasteiger partial charge in [-0.1, -0.05) is 12.1 Å². The molecule has 0 spiro atoms. The number of amides is 1. The van der Waals surface area contributed by atoms with Gasteiger partial charge in [-0.3, -0.25) is 14.9 Å². The number of carbonyl (C=O) groups excluding carboxylic acids is 1. The van der Waals surface area contributed by atoms with Gasteiger partial charge in [-0.2, -0.15) is 0 Å². The van der Waals surface area contributed by atoms with E-state index in [0.717, 1.165) is 0 Å². The summed E-state index contributed by atoms with van der Waals surface area (Å²) in [6.07, 6.45) is 1.40. The number of nitrogens with zero attached hydrogens (tertiary/aromatic N) is 2. The van der Waals surface area contributed by atoms with E-state index in [1.807, 2.05) is 0 Å². The second-order valence-electron chi connectivity index (χ2n) is 3.93. The topological polar surface area (TPSA) is 115 Å². The number of anilines is 1. The Balaban J connectivity index is 1.99. The number of hydrogen-bond donors (Lipinski definition) is 2. The van der Waals surface area contributed by atoms with E-state index < -0.39 is 17.4 Å². The van der Waals surface area contributed by atoms with Crippen molar-refractivity contribution in [2.45, 2.75) is 0 Å². The molecule has 0 radical (unpaired) electrons. The molecule has 1 amide bonds. The highest BCUT2D eigenvalue weighted by Crippen LogP contribution is 2.25. The summed E-state index contributed by atoms with van der Waals surface area (Å²) in [5, 5.41) is 22.6. The molecule has 21 heavy (non-hydrogen) atoms. The number of ether oxygens (including phenoxy) is 1. The zero-order valence-electron chi connectivity index (χ0n) is 10.7. The molecule has 8 nitrogen and oxygen atoms in total. The number of pyridine rings is 1. The van der Waals surface area contributed by atoms with Gasteiger partial charge in [0.05, 0.1) is 4.92 Å². The maximum atomic E-state index is 11.7. The first-order chi connectivity index (χ1) is 10.1. The Kier molecular flexibility index (Phi) is 4.30. The lowest BCUT2D eigenvalue weighted by molar-refractivity contribution is -0.385. The highest BCUT2D eigenvalue weighted by molar-refractivity contribution is 5.92. The highest BCUT2D eigenvalue weighted by Gasteiger charge is 2.15. The smallest absolute Gasteiger partial charge is 0.310 e. The molecule has 1 aromatic heterocycles. The number of para-hydroxylation sites is 2. The van der Waals surface area contributed by atoms with E-state index in [0.29, 0.717) is 0 Å². The van der Waals surface area contributed by atoms with E-state index in [4.69, 9.17) is 4.74 Å². The fourth-order valence-electron chi connectivity index (χ4n) is 1.53. The molecule has 0 aliphatic heterocycles. The molecule has 108 valence electrons. The highest BCUT2D eigenvalue weighted by atomic mass is 16.6. The SMILES string of the molecule is O=C(COc1ccccc1[N+](=O)[O-])Nc1ncccc1O. The Bertz CT molecular complexity index is 674. The predicted octanol–water partition coefficient (Wildman–Crippen LogP) is 1.71. The van der Waals surface area contributed by atoms with E-state index >= 15 is 0 Å². The molecular weight excluding hydrogens is 278 g/mol. The van der Waals surface area contributed by atoms with Gasteiger partial charge >= 0.3 is 5.69 Å².